The highest BCUT2D eigenvalue weighted by Gasteiger charge is 2.28. The van der Waals surface area contributed by atoms with Crippen molar-refractivity contribution in [3.05, 3.63) is 76.6 Å². The van der Waals surface area contributed by atoms with Crippen LogP contribution in [0.3, 0.4) is 0 Å². The lowest BCUT2D eigenvalue weighted by molar-refractivity contribution is 0.0928. The number of benzene rings is 1. The molecule has 1 aromatic carbocycles. The summed E-state index contributed by atoms with van der Waals surface area (Å²) in [4.78, 5) is 23.0. The standard InChI is InChI=1S/C20H19FN4O2/c1-24-19(26)11-17(15-7-8-22-12-16(15)21)23-20(24)25-9-10-27-13-18(25)14-5-3-2-4-6-14/h2-8,11-12,18H,9-10,13H2,1H3/t18-/m0/s1. The van der Waals surface area contributed by atoms with Gasteiger partial charge in [-0.25, -0.2) is 9.37 Å². The monoisotopic (exact) mass is 366 g/mol. The Hall–Kier alpha value is -3.06. The third-order valence-corrected chi connectivity index (χ3v) is 4.73. The second-order valence-electron chi connectivity index (χ2n) is 6.39. The molecule has 0 bridgehead atoms. The highest BCUT2D eigenvalue weighted by Crippen LogP contribution is 2.29. The van der Waals surface area contributed by atoms with Crippen molar-refractivity contribution in [2.75, 3.05) is 24.7 Å². The molecule has 1 aliphatic rings. The van der Waals surface area contributed by atoms with E-state index in [1.54, 1.807) is 7.05 Å². The predicted octanol–water partition coefficient (Wildman–Crippen LogP) is 2.56. The number of pyridine rings is 1. The van der Waals surface area contributed by atoms with Crippen LogP contribution in [0.1, 0.15) is 11.6 Å². The smallest absolute Gasteiger partial charge is 0.255 e. The highest BCUT2D eigenvalue weighted by atomic mass is 19.1. The predicted molar refractivity (Wildman–Crippen MR) is 100 cm³/mol. The number of halogens is 1. The van der Waals surface area contributed by atoms with Crippen molar-refractivity contribution >= 4 is 5.95 Å². The van der Waals surface area contributed by atoms with Gasteiger partial charge in [0.25, 0.3) is 5.56 Å². The van der Waals surface area contributed by atoms with Crippen molar-refractivity contribution < 1.29 is 9.13 Å². The van der Waals surface area contributed by atoms with E-state index >= 15 is 0 Å². The van der Waals surface area contributed by atoms with Gasteiger partial charge in [-0.3, -0.25) is 14.3 Å². The largest absolute Gasteiger partial charge is 0.377 e. The van der Waals surface area contributed by atoms with Crippen LogP contribution >= 0.6 is 0 Å². The molecule has 2 aromatic heterocycles. The average Bonchev–Trinajstić information content (AvgIpc) is 2.71. The lowest BCUT2D eigenvalue weighted by Gasteiger charge is -2.37. The molecule has 0 spiro atoms. The van der Waals surface area contributed by atoms with Crippen molar-refractivity contribution in [3.8, 4) is 11.3 Å². The first kappa shape index (κ1) is 17.4. The summed E-state index contributed by atoms with van der Waals surface area (Å²) >= 11 is 0. The van der Waals surface area contributed by atoms with E-state index in [0.717, 1.165) is 11.8 Å². The molecule has 0 unspecified atom stereocenters. The van der Waals surface area contributed by atoms with E-state index in [-0.39, 0.29) is 17.2 Å². The molecule has 3 aromatic rings. The normalized spacial score (nSPS) is 17.1. The van der Waals surface area contributed by atoms with E-state index in [9.17, 15) is 9.18 Å². The summed E-state index contributed by atoms with van der Waals surface area (Å²) in [6, 6.07) is 12.7. The van der Waals surface area contributed by atoms with Crippen molar-refractivity contribution in [3.63, 3.8) is 0 Å². The van der Waals surface area contributed by atoms with E-state index in [1.165, 1.54) is 22.9 Å². The van der Waals surface area contributed by atoms with Gasteiger partial charge in [-0.05, 0) is 11.6 Å². The third kappa shape index (κ3) is 3.33. The first-order valence-corrected chi connectivity index (χ1v) is 8.72. The second kappa shape index (κ2) is 7.28. The van der Waals surface area contributed by atoms with Gasteiger partial charge in [0.1, 0.15) is 0 Å². The molecule has 6 nitrogen and oxygen atoms in total. The zero-order valence-corrected chi connectivity index (χ0v) is 14.9. The fraction of sp³-hybridized carbons (Fsp3) is 0.250. The number of hydrogen-bond acceptors (Lipinski definition) is 5. The van der Waals surface area contributed by atoms with Gasteiger partial charge in [-0.15, -0.1) is 0 Å². The molecule has 0 aliphatic carbocycles. The topological polar surface area (TPSA) is 60.2 Å². The fourth-order valence-electron chi connectivity index (χ4n) is 3.30. The molecule has 0 saturated carbocycles. The lowest BCUT2D eigenvalue weighted by Crippen LogP contribution is -2.42. The van der Waals surface area contributed by atoms with Crippen molar-refractivity contribution in [2.24, 2.45) is 7.05 Å². The zero-order valence-electron chi connectivity index (χ0n) is 14.9. The van der Waals surface area contributed by atoms with Gasteiger partial charge in [0.15, 0.2) is 5.82 Å². The molecular weight excluding hydrogens is 347 g/mol. The average molecular weight is 366 g/mol. The summed E-state index contributed by atoms with van der Waals surface area (Å²) in [7, 11) is 1.68. The second-order valence-corrected chi connectivity index (χ2v) is 6.39. The number of ether oxygens (including phenoxy) is 1. The molecule has 7 heteroatoms. The number of aromatic nitrogens is 3. The Labute approximate surface area is 155 Å². The van der Waals surface area contributed by atoms with Gasteiger partial charge in [-0.1, -0.05) is 30.3 Å². The van der Waals surface area contributed by atoms with E-state index in [2.05, 4.69) is 9.97 Å². The van der Waals surface area contributed by atoms with Gasteiger partial charge in [0, 0.05) is 31.4 Å². The van der Waals surface area contributed by atoms with Crippen LogP contribution < -0.4 is 10.5 Å². The number of anilines is 1. The molecule has 1 aliphatic heterocycles. The summed E-state index contributed by atoms with van der Waals surface area (Å²) in [5.74, 6) is -0.0170. The van der Waals surface area contributed by atoms with Gasteiger partial charge < -0.3 is 9.64 Å². The molecule has 0 N–H and O–H groups in total. The quantitative estimate of drug-likeness (QED) is 0.713. The van der Waals surface area contributed by atoms with Crippen LogP contribution in [0.15, 0.2) is 59.7 Å². The molecular formula is C20H19FN4O2. The maximum absolute atomic E-state index is 14.2. The van der Waals surface area contributed by atoms with E-state index in [0.29, 0.717) is 31.4 Å². The number of morpholine rings is 1. The number of nitrogens with zero attached hydrogens (tertiary/aromatic N) is 4. The molecule has 0 radical (unpaired) electrons. The van der Waals surface area contributed by atoms with Gasteiger partial charge in [0.05, 0.1) is 31.1 Å². The van der Waals surface area contributed by atoms with Crippen molar-refractivity contribution in [2.45, 2.75) is 6.04 Å². The van der Waals surface area contributed by atoms with Crippen LogP contribution in [0.25, 0.3) is 11.3 Å². The molecule has 138 valence electrons. The summed E-state index contributed by atoms with van der Waals surface area (Å²) in [5.41, 5.74) is 1.39. The molecule has 4 rings (SSSR count). The van der Waals surface area contributed by atoms with Crippen LogP contribution in [0.5, 0.6) is 0 Å². The summed E-state index contributed by atoms with van der Waals surface area (Å²) < 4.78 is 21.3. The van der Waals surface area contributed by atoms with Crippen molar-refractivity contribution in [1.29, 1.82) is 0 Å². The minimum absolute atomic E-state index is 0.0735. The van der Waals surface area contributed by atoms with Crippen LogP contribution in [-0.4, -0.2) is 34.3 Å². The lowest BCUT2D eigenvalue weighted by atomic mass is 10.1. The first-order chi connectivity index (χ1) is 13.1. The maximum Gasteiger partial charge on any atom is 0.255 e. The van der Waals surface area contributed by atoms with E-state index in [4.69, 9.17) is 4.74 Å². The van der Waals surface area contributed by atoms with E-state index in [1.807, 2.05) is 35.2 Å². The van der Waals surface area contributed by atoms with Gasteiger partial charge in [-0.2, -0.15) is 0 Å². The summed E-state index contributed by atoms with van der Waals surface area (Å²) in [6.07, 6.45) is 2.61. The number of rotatable bonds is 3. The van der Waals surface area contributed by atoms with Gasteiger partial charge >= 0.3 is 0 Å². The molecule has 1 fully saturated rings. The summed E-state index contributed by atoms with van der Waals surface area (Å²) in [6.45, 7) is 1.61. The SMILES string of the molecule is Cn1c(N2CCOC[C@H]2c2ccccc2)nc(-c2ccncc2F)cc1=O. The van der Waals surface area contributed by atoms with Crippen LogP contribution in [0.4, 0.5) is 10.3 Å². The van der Waals surface area contributed by atoms with Crippen LogP contribution in [0, 0.1) is 5.82 Å². The minimum atomic E-state index is -0.509. The Bertz CT molecular complexity index is 1010. The first-order valence-electron chi connectivity index (χ1n) is 8.72. The Balaban J connectivity index is 1.82. The third-order valence-electron chi connectivity index (χ3n) is 4.73. The molecule has 1 atom stereocenters. The Morgan fingerprint density at radius 3 is 2.81 bits per heavy atom. The van der Waals surface area contributed by atoms with Crippen LogP contribution in [0.2, 0.25) is 0 Å². The Kier molecular flexibility index (Phi) is 4.68. The van der Waals surface area contributed by atoms with Crippen LogP contribution in [-0.2, 0) is 11.8 Å². The fourth-order valence-corrected chi connectivity index (χ4v) is 3.30. The highest BCUT2D eigenvalue weighted by molar-refractivity contribution is 5.60. The molecule has 3 heterocycles. The summed E-state index contributed by atoms with van der Waals surface area (Å²) in [5, 5.41) is 0. The molecule has 0 amide bonds. The number of hydrogen-bond donors (Lipinski definition) is 0. The Morgan fingerprint density at radius 1 is 1.22 bits per heavy atom. The van der Waals surface area contributed by atoms with Crippen molar-refractivity contribution in [1.82, 2.24) is 14.5 Å². The van der Waals surface area contributed by atoms with Gasteiger partial charge in [0.2, 0.25) is 5.95 Å². The minimum Gasteiger partial charge on any atom is -0.377 e. The van der Waals surface area contributed by atoms with E-state index < -0.39 is 5.82 Å². The molecule has 27 heavy (non-hydrogen) atoms. The Morgan fingerprint density at radius 2 is 2.04 bits per heavy atom. The zero-order chi connectivity index (χ0) is 18.8. The maximum atomic E-state index is 14.2. The molecule has 1 saturated heterocycles.